The average molecular weight is 363 g/mol. The number of hydrogen-bond acceptors (Lipinski definition) is 4. The van der Waals surface area contributed by atoms with Crippen LogP contribution in [0.15, 0.2) is 42.5 Å². The Balaban J connectivity index is 1.47. The summed E-state index contributed by atoms with van der Waals surface area (Å²) >= 11 is 0. The molecule has 0 radical (unpaired) electrons. The van der Waals surface area contributed by atoms with Gasteiger partial charge in [0.2, 0.25) is 0 Å². The smallest absolute Gasteiger partial charge is 0.250 e. The Kier molecular flexibility index (Phi) is 4.58. The number of amides is 1. The summed E-state index contributed by atoms with van der Waals surface area (Å²) in [5.41, 5.74) is 10.0. The van der Waals surface area contributed by atoms with Gasteiger partial charge in [0.15, 0.2) is 0 Å². The van der Waals surface area contributed by atoms with Crippen LogP contribution in [0, 0.1) is 0 Å². The molecule has 2 aromatic carbocycles. The molecule has 1 aliphatic heterocycles. The SMILES string of the molecule is CN(C)c1ccc(CN2CC[C@H](c3nc4c(C(N)=O)cccc4[nH]3)C2)cc1. The van der Waals surface area contributed by atoms with Crippen LogP contribution in [0.25, 0.3) is 11.0 Å². The summed E-state index contributed by atoms with van der Waals surface area (Å²) < 4.78 is 0. The highest BCUT2D eigenvalue weighted by atomic mass is 16.1. The minimum Gasteiger partial charge on any atom is -0.378 e. The van der Waals surface area contributed by atoms with E-state index in [1.165, 1.54) is 11.3 Å². The number of fused-ring (bicyclic) bond motifs is 1. The van der Waals surface area contributed by atoms with Crippen LogP contribution in [0.1, 0.15) is 34.1 Å². The molecule has 0 spiro atoms. The van der Waals surface area contributed by atoms with Crippen molar-refractivity contribution in [3.8, 4) is 0 Å². The van der Waals surface area contributed by atoms with E-state index in [9.17, 15) is 4.79 Å². The Labute approximate surface area is 159 Å². The molecule has 1 aromatic heterocycles. The van der Waals surface area contributed by atoms with Gasteiger partial charge in [-0.2, -0.15) is 0 Å². The molecular weight excluding hydrogens is 338 g/mol. The van der Waals surface area contributed by atoms with E-state index < -0.39 is 5.91 Å². The first kappa shape index (κ1) is 17.5. The number of aromatic amines is 1. The summed E-state index contributed by atoms with van der Waals surface area (Å²) in [6.45, 7) is 2.94. The molecule has 0 unspecified atom stereocenters. The van der Waals surface area contributed by atoms with E-state index in [-0.39, 0.29) is 0 Å². The van der Waals surface area contributed by atoms with Crippen LogP contribution in [0.2, 0.25) is 0 Å². The molecule has 4 rings (SSSR count). The lowest BCUT2D eigenvalue weighted by Crippen LogP contribution is -2.20. The number of para-hydroxylation sites is 1. The standard InChI is InChI=1S/C21H25N5O/c1-25(2)16-8-6-14(7-9-16)12-26-11-10-15(13-26)21-23-18-5-3-4-17(20(22)27)19(18)24-21/h3-9,15H,10-13H2,1-2H3,(H2,22,27)(H,23,24)/t15-/m0/s1. The molecule has 27 heavy (non-hydrogen) atoms. The number of primary amides is 1. The number of carbonyl (C=O) groups is 1. The topological polar surface area (TPSA) is 78.2 Å². The zero-order valence-corrected chi connectivity index (χ0v) is 15.8. The minimum absolute atomic E-state index is 0.346. The monoisotopic (exact) mass is 363 g/mol. The molecule has 0 aliphatic carbocycles. The molecule has 3 N–H and O–H groups in total. The predicted octanol–water partition coefficient (Wildman–Crippen LogP) is 2.72. The van der Waals surface area contributed by atoms with Crippen molar-refractivity contribution in [2.75, 3.05) is 32.1 Å². The zero-order chi connectivity index (χ0) is 19.0. The van der Waals surface area contributed by atoms with Crippen LogP contribution >= 0.6 is 0 Å². The second-order valence-corrected chi connectivity index (χ2v) is 7.47. The van der Waals surface area contributed by atoms with Crippen LogP contribution in [0.5, 0.6) is 0 Å². The van der Waals surface area contributed by atoms with Gasteiger partial charge >= 0.3 is 0 Å². The Morgan fingerprint density at radius 3 is 2.74 bits per heavy atom. The van der Waals surface area contributed by atoms with Crippen molar-refractivity contribution in [1.29, 1.82) is 0 Å². The van der Waals surface area contributed by atoms with E-state index in [1.807, 2.05) is 12.1 Å². The lowest BCUT2D eigenvalue weighted by Gasteiger charge is -2.17. The molecule has 2 heterocycles. The van der Waals surface area contributed by atoms with Gasteiger partial charge in [-0.1, -0.05) is 18.2 Å². The van der Waals surface area contributed by atoms with Crippen LogP contribution in [-0.4, -0.2) is 48.0 Å². The van der Waals surface area contributed by atoms with Crippen molar-refractivity contribution in [3.05, 3.63) is 59.4 Å². The van der Waals surface area contributed by atoms with Crippen LogP contribution in [0.4, 0.5) is 5.69 Å². The lowest BCUT2D eigenvalue weighted by molar-refractivity contribution is 0.100. The highest BCUT2D eigenvalue weighted by molar-refractivity contribution is 6.04. The third-order valence-electron chi connectivity index (χ3n) is 5.31. The summed E-state index contributed by atoms with van der Waals surface area (Å²) in [6, 6.07) is 14.2. The number of nitrogens with one attached hydrogen (secondary N) is 1. The Morgan fingerprint density at radius 2 is 2.04 bits per heavy atom. The quantitative estimate of drug-likeness (QED) is 0.731. The molecule has 0 saturated carbocycles. The zero-order valence-electron chi connectivity index (χ0n) is 15.8. The predicted molar refractivity (Wildman–Crippen MR) is 108 cm³/mol. The van der Waals surface area contributed by atoms with E-state index in [0.717, 1.165) is 37.4 Å². The van der Waals surface area contributed by atoms with E-state index in [1.54, 1.807) is 6.07 Å². The number of nitrogens with zero attached hydrogens (tertiary/aromatic N) is 3. The lowest BCUT2D eigenvalue weighted by atomic mass is 10.1. The summed E-state index contributed by atoms with van der Waals surface area (Å²) in [4.78, 5) is 24.3. The Hall–Kier alpha value is -2.86. The number of nitrogens with two attached hydrogens (primary N) is 1. The fourth-order valence-corrected chi connectivity index (χ4v) is 3.80. The van der Waals surface area contributed by atoms with Crippen molar-refractivity contribution in [2.24, 2.45) is 5.73 Å². The fourth-order valence-electron chi connectivity index (χ4n) is 3.80. The van der Waals surface area contributed by atoms with E-state index in [4.69, 9.17) is 10.7 Å². The van der Waals surface area contributed by atoms with Gasteiger partial charge < -0.3 is 15.6 Å². The molecule has 3 aromatic rings. The van der Waals surface area contributed by atoms with Crippen molar-refractivity contribution in [1.82, 2.24) is 14.9 Å². The number of likely N-dealkylation sites (tertiary alicyclic amines) is 1. The maximum absolute atomic E-state index is 11.6. The normalized spacial score (nSPS) is 17.5. The van der Waals surface area contributed by atoms with Gasteiger partial charge in [0.25, 0.3) is 5.91 Å². The number of anilines is 1. The van der Waals surface area contributed by atoms with Crippen molar-refractivity contribution >= 4 is 22.6 Å². The third-order valence-corrected chi connectivity index (χ3v) is 5.31. The number of aromatic nitrogens is 2. The molecule has 1 fully saturated rings. The van der Waals surface area contributed by atoms with Gasteiger partial charge in [-0.25, -0.2) is 4.98 Å². The molecule has 6 heteroatoms. The van der Waals surface area contributed by atoms with Gasteiger partial charge in [0, 0.05) is 38.8 Å². The Bertz CT molecular complexity index is 960. The molecule has 6 nitrogen and oxygen atoms in total. The molecule has 1 amide bonds. The maximum atomic E-state index is 11.6. The van der Waals surface area contributed by atoms with E-state index in [2.05, 4.69) is 53.1 Å². The molecule has 140 valence electrons. The van der Waals surface area contributed by atoms with Crippen LogP contribution < -0.4 is 10.6 Å². The van der Waals surface area contributed by atoms with Gasteiger partial charge in [0.1, 0.15) is 11.3 Å². The first-order valence-corrected chi connectivity index (χ1v) is 9.28. The number of H-pyrrole nitrogens is 1. The molecule has 1 aliphatic rings. The Morgan fingerprint density at radius 1 is 1.26 bits per heavy atom. The summed E-state index contributed by atoms with van der Waals surface area (Å²) in [5.74, 6) is 0.858. The van der Waals surface area contributed by atoms with Crippen LogP contribution in [0.3, 0.4) is 0 Å². The highest BCUT2D eigenvalue weighted by Gasteiger charge is 2.26. The van der Waals surface area contributed by atoms with Crippen LogP contribution in [-0.2, 0) is 6.54 Å². The fraction of sp³-hybridized carbons (Fsp3) is 0.333. The van der Waals surface area contributed by atoms with E-state index >= 15 is 0 Å². The summed E-state index contributed by atoms with van der Waals surface area (Å²) in [6.07, 6.45) is 1.06. The summed E-state index contributed by atoms with van der Waals surface area (Å²) in [7, 11) is 4.11. The minimum atomic E-state index is -0.437. The van der Waals surface area contributed by atoms with Crippen molar-refractivity contribution in [2.45, 2.75) is 18.9 Å². The van der Waals surface area contributed by atoms with Crippen molar-refractivity contribution in [3.63, 3.8) is 0 Å². The largest absolute Gasteiger partial charge is 0.378 e. The van der Waals surface area contributed by atoms with Gasteiger partial charge in [0.05, 0.1) is 11.1 Å². The molecule has 1 saturated heterocycles. The second-order valence-electron chi connectivity index (χ2n) is 7.47. The molecular formula is C21H25N5O. The number of benzene rings is 2. The number of carbonyl (C=O) groups excluding carboxylic acids is 1. The van der Waals surface area contributed by atoms with Gasteiger partial charge in [-0.05, 0) is 42.8 Å². The van der Waals surface area contributed by atoms with Gasteiger partial charge in [-0.15, -0.1) is 0 Å². The first-order chi connectivity index (χ1) is 13.0. The first-order valence-electron chi connectivity index (χ1n) is 9.28. The number of hydrogen-bond donors (Lipinski definition) is 2. The molecule has 1 atom stereocenters. The average Bonchev–Trinajstić information content (AvgIpc) is 3.28. The molecule has 0 bridgehead atoms. The maximum Gasteiger partial charge on any atom is 0.250 e. The number of rotatable bonds is 5. The summed E-state index contributed by atoms with van der Waals surface area (Å²) in [5, 5.41) is 0. The highest BCUT2D eigenvalue weighted by Crippen LogP contribution is 2.29. The number of imidazole rings is 1. The second kappa shape index (κ2) is 7.04. The van der Waals surface area contributed by atoms with Gasteiger partial charge in [-0.3, -0.25) is 9.69 Å². The van der Waals surface area contributed by atoms with Crippen molar-refractivity contribution < 1.29 is 4.79 Å². The van der Waals surface area contributed by atoms with E-state index in [0.29, 0.717) is 17.0 Å². The third kappa shape index (κ3) is 3.53.